The molecule has 0 saturated carbocycles. The molecule has 0 spiro atoms. The molecule has 2 aromatic rings. The number of carbonyl (C=O) groups is 2. The monoisotopic (exact) mass is 520 g/mol. The molecule has 2 amide bonds. The number of carbonyl (C=O) groups excluding carboxylic acids is 2. The third-order valence-electron chi connectivity index (χ3n) is 5.49. The number of benzene rings is 2. The van der Waals surface area contributed by atoms with E-state index in [2.05, 4.69) is 5.32 Å². The molecule has 11 nitrogen and oxygen atoms in total. The normalized spacial score (nSPS) is 11.9. The molecule has 1 N–H and O–H groups in total. The summed E-state index contributed by atoms with van der Waals surface area (Å²) in [6.45, 7) is 5.17. The van der Waals surface area contributed by atoms with Gasteiger partial charge in [-0.05, 0) is 31.9 Å². The number of nitro benzene ring substituents is 1. The molecule has 0 fully saturated rings. The van der Waals surface area contributed by atoms with Crippen LogP contribution < -0.4 is 14.4 Å². The molecule has 196 valence electrons. The van der Waals surface area contributed by atoms with E-state index in [1.165, 1.54) is 24.1 Å². The molecule has 2 rings (SSSR count). The molecule has 1 unspecified atom stereocenters. The average molecular weight is 521 g/mol. The molecular weight excluding hydrogens is 488 g/mol. The van der Waals surface area contributed by atoms with Crippen molar-refractivity contribution < 1.29 is 27.7 Å². The van der Waals surface area contributed by atoms with Crippen LogP contribution in [-0.4, -0.2) is 62.6 Å². The van der Waals surface area contributed by atoms with Crippen molar-refractivity contribution in [2.75, 3.05) is 30.8 Å². The van der Waals surface area contributed by atoms with Gasteiger partial charge in [0, 0.05) is 25.2 Å². The van der Waals surface area contributed by atoms with Crippen LogP contribution in [0.1, 0.15) is 31.4 Å². The van der Waals surface area contributed by atoms with Crippen LogP contribution in [0.15, 0.2) is 42.5 Å². The van der Waals surface area contributed by atoms with Crippen LogP contribution in [0.3, 0.4) is 0 Å². The van der Waals surface area contributed by atoms with E-state index < -0.39 is 33.4 Å². The van der Waals surface area contributed by atoms with E-state index in [-0.39, 0.29) is 29.6 Å². The van der Waals surface area contributed by atoms with E-state index in [0.717, 1.165) is 27.8 Å². The van der Waals surface area contributed by atoms with E-state index in [0.29, 0.717) is 13.0 Å². The molecule has 0 aromatic heterocycles. The first-order valence-electron chi connectivity index (χ1n) is 11.4. The van der Waals surface area contributed by atoms with Gasteiger partial charge in [-0.2, -0.15) is 0 Å². The summed E-state index contributed by atoms with van der Waals surface area (Å²) in [6, 6.07) is 10.1. The fourth-order valence-corrected chi connectivity index (χ4v) is 4.65. The third kappa shape index (κ3) is 7.17. The van der Waals surface area contributed by atoms with Crippen molar-refractivity contribution in [1.82, 2.24) is 10.2 Å². The van der Waals surface area contributed by atoms with Crippen molar-refractivity contribution in [2.24, 2.45) is 0 Å². The first-order chi connectivity index (χ1) is 16.9. The summed E-state index contributed by atoms with van der Waals surface area (Å²) in [6.07, 6.45) is 1.19. The SMILES string of the molecule is CCNC(=O)C(CC)N(Cc1cccc(C)c1)C(=O)CN(c1cc([N+](=O)[O-])ccc1OC)S(C)(=O)=O. The second-order valence-electron chi connectivity index (χ2n) is 8.21. The molecule has 0 heterocycles. The first-order valence-corrected chi connectivity index (χ1v) is 13.2. The molecule has 0 saturated heterocycles. The number of amides is 2. The number of sulfonamides is 1. The average Bonchev–Trinajstić information content (AvgIpc) is 2.81. The van der Waals surface area contributed by atoms with Crippen molar-refractivity contribution in [3.63, 3.8) is 0 Å². The number of nitro groups is 1. The number of likely N-dealkylation sites (N-methyl/N-ethyl adjacent to an activating group) is 1. The predicted octanol–water partition coefficient (Wildman–Crippen LogP) is 2.62. The van der Waals surface area contributed by atoms with Crippen molar-refractivity contribution in [3.05, 3.63) is 63.7 Å². The summed E-state index contributed by atoms with van der Waals surface area (Å²) in [7, 11) is -2.79. The Morgan fingerprint density at radius 2 is 1.86 bits per heavy atom. The summed E-state index contributed by atoms with van der Waals surface area (Å²) in [5.41, 5.74) is 1.22. The number of hydrogen-bond acceptors (Lipinski definition) is 7. The van der Waals surface area contributed by atoms with Crippen molar-refractivity contribution >= 4 is 33.2 Å². The number of aryl methyl sites for hydroxylation is 1. The number of anilines is 1. The highest BCUT2D eigenvalue weighted by molar-refractivity contribution is 7.92. The Morgan fingerprint density at radius 1 is 1.17 bits per heavy atom. The Balaban J connectivity index is 2.56. The smallest absolute Gasteiger partial charge is 0.271 e. The molecule has 0 bridgehead atoms. The molecule has 12 heteroatoms. The number of nitrogens with one attached hydrogen (secondary N) is 1. The summed E-state index contributed by atoms with van der Waals surface area (Å²) < 4.78 is 31.5. The van der Waals surface area contributed by atoms with Gasteiger partial charge in [0.05, 0.1) is 18.3 Å². The van der Waals surface area contributed by atoms with Gasteiger partial charge in [0.2, 0.25) is 21.8 Å². The van der Waals surface area contributed by atoms with Crippen LogP contribution in [0.5, 0.6) is 5.75 Å². The van der Waals surface area contributed by atoms with Gasteiger partial charge in [-0.25, -0.2) is 8.42 Å². The number of nitrogens with zero attached hydrogens (tertiary/aromatic N) is 3. The van der Waals surface area contributed by atoms with Crippen LogP contribution in [-0.2, 0) is 26.2 Å². The first kappa shape index (κ1) is 28.6. The zero-order valence-corrected chi connectivity index (χ0v) is 21.9. The zero-order chi connectivity index (χ0) is 27.0. The maximum Gasteiger partial charge on any atom is 0.271 e. The van der Waals surface area contributed by atoms with E-state index >= 15 is 0 Å². The minimum absolute atomic E-state index is 0.0415. The van der Waals surface area contributed by atoms with Gasteiger partial charge in [-0.3, -0.25) is 24.0 Å². The van der Waals surface area contributed by atoms with E-state index in [4.69, 9.17) is 4.74 Å². The second-order valence-corrected chi connectivity index (χ2v) is 10.1. The summed E-state index contributed by atoms with van der Waals surface area (Å²) in [5.74, 6) is -0.965. The minimum atomic E-state index is -4.08. The van der Waals surface area contributed by atoms with E-state index in [1.54, 1.807) is 13.8 Å². The van der Waals surface area contributed by atoms with Gasteiger partial charge in [0.1, 0.15) is 24.0 Å². The van der Waals surface area contributed by atoms with Gasteiger partial charge < -0.3 is 15.0 Å². The van der Waals surface area contributed by atoms with E-state index in [9.17, 15) is 28.1 Å². The number of ether oxygens (including phenoxy) is 1. The van der Waals surface area contributed by atoms with Crippen molar-refractivity contribution in [3.8, 4) is 5.75 Å². The predicted molar refractivity (Wildman–Crippen MR) is 136 cm³/mol. The van der Waals surface area contributed by atoms with Crippen LogP contribution in [0.2, 0.25) is 0 Å². The topological polar surface area (TPSA) is 139 Å². The summed E-state index contributed by atoms with van der Waals surface area (Å²) >= 11 is 0. The van der Waals surface area contributed by atoms with Gasteiger partial charge in [-0.1, -0.05) is 36.8 Å². The van der Waals surface area contributed by atoms with Crippen LogP contribution in [0.4, 0.5) is 11.4 Å². The second kappa shape index (κ2) is 12.3. The lowest BCUT2D eigenvalue weighted by molar-refractivity contribution is -0.384. The highest BCUT2D eigenvalue weighted by Crippen LogP contribution is 2.34. The Kier molecular flexibility index (Phi) is 9.79. The van der Waals surface area contributed by atoms with Gasteiger partial charge >= 0.3 is 0 Å². The Morgan fingerprint density at radius 3 is 2.39 bits per heavy atom. The summed E-state index contributed by atoms with van der Waals surface area (Å²) in [5, 5.41) is 14.1. The molecule has 36 heavy (non-hydrogen) atoms. The Bertz CT molecular complexity index is 1220. The number of non-ortho nitro benzene ring substituents is 1. The number of rotatable bonds is 12. The summed E-state index contributed by atoms with van der Waals surface area (Å²) in [4.78, 5) is 38.5. The van der Waals surface area contributed by atoms with Crippen LogP contribution in [0, 0.1) is 17.0 Å². The molecule has 1 atom stereocenters. The highest BCUT2D eigenvalue weighted by Gasteiger charge is 2.33. The Hall–Kier alpha value is -3.67. The Labute approximate surface area is 211 Å². The van der Waals surface area contributed by atoms with Gasteiger partial charge in [0.25, 0.3) is 5.69 Å². The van der Waals surface area contributed by atoms with E-state index in [1.807, 2.05) is 31.2 Å². The van der Waals surface area contributed by atoms with Crippen molar-refractivity contribution in [1.29, 1.82) is 0 Å². The van der Waals surface area contributed by atoms with Crippen LogP contribution >= 0.6 is 0 Å². The van der Waals surface area contributed by atoms with Crippen molar-refractivity contribution in [2.45, 2.75) is 39.8 Å². The minimum Gasteiger partial charge on any atom is -0.495 e. The lowest BCUT2D eigenvalue weighted by Gasteiger charge is -2.33. The third-order valence-corrected chi connectivity index (χ3v) is 6.62. The maximum atomic E-state index is 13.7. The van der Waals surface area contributed by atoms with Crippen LogP contribution in [0.25, 0.3) is 0 Å². The fourth-order valence-electron chi connectivity index (χ4n) is 3.80. The van der Waals surface area contributed by atoms with Gasteiger partial charge in [-0.15, -0.1) is 0 Å². The lowest BCUT2D eigenvalue weighted by atomic mass is 10.1. The molecule has 0 aliphatic heterocycles. The maximum absolute atomic E-state index is 13.7. The molecule has 2 aromatic carbocycles. The number of hydrogen-bond donors (Lipinski definition) is 1. The zero-order valence-electron chi connectivity index (χ0n) is 21.1. The largest absolute Gasteiger partial charge is 0.495 e. The van der Waals surface area contributed by atoms with Gasteiger partial charge in [0.15, 0.2) is 0 Å². The molecular formula is C24H32N4O7S. The quantitative estimate of drug-likeness (QED) is 0.335. The molecule has 0 radical (unpaired) electrons. The highest BCUT2D eigenvalue weighted by atomic mass is 32.2. The fraction of sp³-hybridized carbons (Fsp3) is 0.417. The number of methoxy groups -OCH3 is 1. The molecule has 0 aliphatic carbocycles. The molecule has 0 aliphatic rings. The standard InChI is InChI=1S/C24H32N4O7S/c1-6-20(24(30)25-7-2)26(15-18-10-8-9-17(3)13-18)23(29)16-27(36(5,33)34)21-14-19(28(31)32)11-12-22(21)35-4/h8-14,20H,6-7,15-16H2,1-5H3,(H,25,30). The lowest BCUT2D eigenvalue weighted by Crippen LogP contribution is -2.52.